The molecule has 0 aliphatic heterocycles. The molecule has 11 aromatic rings. The van der Waals surface area contributed by atoms with Gasteiger partial charge in [-0.15, -0.1) is 22.7 Å². The van der Waals surface area contributed by atoms with Gasteiger partial charge in [-0.05, 0) is 87.1 Å². The zero-order valence-electron chi connectivity index (χ0n) is 29.8. The molecular weight excluding hydrogens is 703 g/mol. The second kappa shape index (κ2) is 13.1. The van der Waals surface area contributed by atoms with Crippen molar-refractivity contribution >= 4 is 90.9 Å². The average Bonchev–Trinajstić information content (AvgIpc) is 3.82. The fraction of sp³-hybridized carbons (Fsp3) is 0. The Bertz CT molecular complexity index is 3230. The van der Waals surface area contributed by atoms with Gasteiger partial charge in [0.25, 0.3) is 0 Å². The summed E-state index contributed by atoms with van der Waals surface area (Å²) in [5.41, 5.74) is 10.6. The van der Waals surface area contributed by atoms with E-state index in [0.29, 0.717) is 0 Å². The zero-order valence-corrected chi connectivity index (χ0v) is 31.4. The van der Waals surface area contributed by atoms with E-state index in [1.165, 1.54) is 84.5 Å². The van der Waals surface area contributed by atoms with Gasteiger partial charge in [-0.25, -0.2) is 0 Å². The van der Waals surface area contributed by atoms with E-state index in [1.807, 2.05) is 22.7 Å². The molecule has 3 heteroatoms. The van der Waals surface area contributed by atoms with Crippen LogP contribution in [0.25, 0.3) is 84.5 Å². The van der Waals surface area contributed by atoms with Gasteiger partial charge in [-0.1, -0.05) is 152 Å². The molecule has 9 aromatic carbocycles. The first-order chi connectivity index (χ1) is 27.3. The number of thiophene rings is 2. The Balaban J connectivity index is 1.12. The van der Waals surface area contributed by atoms with E-state index in [4.69, 9.17) is 0 Å². The fourth-order valence-corrected chi connectivity index (χ4v) is 10.7. The van der Waals surface area contributed by atoms with Crippen molar-refractivity contribution in [3.8, 4) is 33.4 Å². The van der Waals surface area contributed by atoms with Gasteiger partial charge in [-0.3, -0.25) is 0 Å². The molecule has 0 N–H and O–H groups in total. The summed E-state index contributed by atoms with van der Waals surface area (Å²) >= 11 is 3.75. The number of hydrogen-bond donors (Lipinski definition) is 0. The third-order valence-corrected chi connectivity index (χ3v) is 13.2. The summed E-state index contributed by atoms with van der Waals surface area (Å²) in [5.74, 6) is 0. The van der Waals surface area contributed by atoms with Crippen molar-refractivity contribution < 1.29 is 0 Å². The summed E-state index contributed by atoms with van der Waals surface area (Å²) in [6, 6.07) is 73.5. The molecule has 0 fully saturated rings. The number of para-hydroxylation sites is 1. The molecule has 0 aliphatic carbocycles. The SMILES string of the molecule is c1cc(-c2cccc3ccccc23)cc(N(c2cccc(-c3cccc4c3sc3ccccc34)c2)c2ccccc2-c2ccc3c(c2)sc2ccccc23)c1. The Morgan fingerprint density at radius 3 is 1.65 bits per heavy atom. The van der Waals surface area contributed by atoms with Crippen LogP contribution in [-0.4, -0.2) is 0 Å². The molecule has 2 aromatic heterocycles. The lowest BCUT2D eigenvalue weighted by Crippen LogP contribution is -2.11. The Kier molecular flexibility index (Phi) is 7.61. The second-order valence-electron chi connectivity index (χ2n) is 14.1. The van der Waals surface area contributed by atoms with E-state index in [0.717, 1.165) is 17.1 Å². The minimum Gasteiger partial charge on any atom is -0.310 e. The van der Waals surface area contributed by atoms with Crippen LogP contribution in [-0.2, 0) is 0 Å². The Labute approximate surface area is 327 Å². The first-order valence-corrected chi connectivity index (χ1v) is 20.3. The van der Waals surface area contributed by atoms with Crippen LogP contribution in [0.1, 0.15) is 0 Å². The molecule has 0 unspecified atom stereocenters. The molecule has 0 spiro atoms. The van der Waals surface area contributed by atoms with E-state index in [-0.39, 0.29) is 0 Å². The fourth-order valence-electron chi connectivity index (χ4n) is 8.31. The third kappa shape index (κ3) is 5.43. The minimum atomic E-state index is 1.11. The normalized spacial score (nSPS) is 11.6. The summed E-state index contributed by atoms with van der Waals surface area (Å²) < 4.78 is 5.26. The lowest BCUT2D eigenvalue weighted by Gasteiger charge is -2.29. The summed E-state index contributed by atoms with van der Waals surface area (Å²) in [5, 5.41) is 7.75. The van der Waals surface area contributed by atoms with Crippen LogP contribution in [0.5, 0.6) is 0 Å². The number of fused-ring (bicyclic) bond motifs is 7. The minimum absolute atomic E-state index is 1.11. The highest BCUT2D eigenvalue weighted by atomic mass is 32.1. The first-order valence-electron chi connectivity index (χ1n) is 18.7. The quantitative estimate of drug-likeness (QED) is 0.164. The summed E-state index contributed by atoms with van der Waals surface area (Å²) in [6.07, 6.45) is 0. The van der Waals surface area contributed by atoms with Crippen molar-refractivity contribution in [1.82, 2.24) is 0 Å². The van der Waals surface area contributed by atoms with Crippen molar-refractivity contribution in [1.29, 1.82) is 0 Å². The number of benzene rings is 9. The topological polar surface area (TPSA) is 3.24 Å². The van der Waals surface area contributed by atoms with Gasteiger partial charge < -0.3 is 4.90 Å². The maximum atomic E-state index is 2.45. The molecule has 0 radical (unpaired) electrons. The van der Waals surface area contributed by atoms with Crippen molar-refractivity contribution in [2.45, 2.75) is 0 Å². The van der Waals surface area contributed by atoms with E-state index in [1.54, 1.807) is 0 Å². The summed E-state index contributed by atoms with van der Waals surface area (Å²) in [4.78, 5) is 2.45. The zero-order chi connectivity index (χ0) is 36.3. The van der Waals surface area contributed by atoms with Crippen molar-refractivity contribution in [3.63, 3.8) is 0 Å². The van der Waals surface area contributed by atoms with Gasteiger partial charge in [0, 0.05) is 57.3 Å². The molecule has 0 aliphatic rings. The van der Waals surface area contributed by atoms with E-state index in [9.17, 15) is 0 Å². The van der Waals surface area contributed by atoms with Crippen LogP contribution < -0.4 is 4.90 Å². The highest BCUT2D eigenvalue weighted by Gasteiger charge is 2.20. The van der Waals surface area contributed by atoms with Gasteiger partial charge in [0.2, 0.25) is 0 Å². The average molecular weight is 736 g/mol. The molecule has 11 rings (SSSR count). The Morgan fingerprint density at radius 2 is 0.836 bits per heavy atom. The maximum Gasteiger partial charge on any atom is 0.0540 e. The van der Waals surface area contributed by atoms with E-state index >= 15 is 0 Å². The molecule has 0 saturated heterocycles. The lowest BCUT2D eigenvalue weighted by molar-refractivity contribution is 1.28. The van der Waals surface area contributed by atoms with Crippen LogP contribution in [0.4, 0.5) is 17.1 Å². The molecule has 0 bridgehead atoms. The van der Waals surface area contributed by atoms with Gasteiger partial charge in [0.05, 0.1) is 5.69 Å². The van der Waals surface area contributed by atoms with Crippen LogP contribution in [0, 0.1) is 0 Å². The molecule has 0 atom stereocenters. The van der Waals surface area contributed by atoms with Gasteiger partial charge in [0.1, 0.15) is 0 Å². The number of anilines is 3. The molecule has 0 saturated carbocycles. The number of nitrogens with zero attached hydrogens (tertiary/aromatic N) is 1. The van der Waals surface area contributed by atoms with Crippen LogP contribution in [0.3, 0.4) is 0 Å². The highest BCUT2D eigenvalue weighted by molar-refractivity contribution is 7.26. The first kappa shape index (κ1) is 32.0. The third-order valence-electron chi connectivity index (χ3n) is 10.9. The molecule has 1 nitrogen and oxygen atoms in total. The monoisotopic (exact) mass is 735 g/mol. The highest BCUT2D eigenvalue weighted by Crippen LogP contribution is 2.46. The Hall–Kier alpha value is -6.52. The maximum absolute atomic E-state index is 2.45. The molecular formula is C52H33NS2. The van der Waals surface area contributed by atoms with Crippen LogP contribution in [0.15, 0.2) is 200 Å². The lowest BCUT2D eigenvalue weighted by atomic mass is 9.96. The number of hydrogen-bond acceptors (Lipinski definition) is 3. The molecule has 2 heterocycles. The van der Waals surface area contributed by atoms with Crippen molar-refractivity contribution in [2.24, 2.45) is 0 Å². The Morgan fingerprint density at radius 1 is 0.309 bits per heavy atom. The van der Waals surface area contributed by atoms with E-state index < -0.39 is 0 Å². The summed E-state index contributed by atoms with van der Waals surface area (Å²) in [7, 11) is 0. The smallest absolute Gasteiger partial charge is 0.0540 e. The molecule has 0 amide bonds. The van der Waals surface area contributed by atoms with Crippen molar-refractivity contribution in [2.75, 3.05) is 4.90 Å². The van der Waals surface area contributed by atoms with Gasteiger partial charge >= 0.3 is 0 Å². The van der Waals surface area contributed by atoms with Crippen molar-refractivity contribution in [3.05, 3.63) is 200 Å². The van der Waals surface area contributed by atoms with Gasteiger partial charge in [0.15, 0.2) is 0 Å². The predicted molar refractivity (Wildman–Crippen MR) is 241 cm³/mol. The molecule has 55 heavy (non-hydrogen) atoms. The van der Waals surface area contributed by atoms with E-state index in [2.05, 4.69) is 205 Å². The van der Waals surface area contributed by atoms with Crippen LogP contribution >= 0.6 is 22.7 Å². The molecule has 258 valence electrons. The standard InChI is InChI=1S/C52H33NS2/c1-2-19-40-34(13-1)14-11-23-41(40)35-15-9-17-38(31-35)53(39-18-10-16-36(32-39)43-24-12-25-47-45-22-5-8-28-50(45)55-52(43)47)48-26-6-3-20-42(48)37-29-30-46-44-21-4-7-27-49(44)54-51(46)33-37/h1-33H. The van der Waals surface area contributed by atoms with Gasteiger partial charge in [-0.2, -0.15) is 0 Å². The summed E-state index contributed by atoms with van der Waals surface area (Å²) in [6.45, 7) is 0. The number of rotatable bonds is 6. The second-order valence-corrected chi connectivity index (χ2v) is 16.2. The largest absolute Gasteiger partial charge is 0.310 e. The van der Waals surface area contributed by atoms with Crippen LogP contribution in [0.2, 0.25) is 0 Å². The predicted octanol–water partition coefficient (Wildman–Crippen LogP) is 16.0.